The van der Waals surface area contributed by atoms with Crippen molar-refractivity contribution >= 4 is 29.5 Å². The molecule has 0 bridgehead atoms. The van der Waals surface area contributed by atoms with Crippen molar-refractivity contribution in [3.8, 4) is 0 Å². The minimum Gasteiger partial charge on any atom is -0.379 e. The third-order valence-corrected chi connectivity index (χ3v) is 6.78. The topological polar surface area (TPSA) is 192 Å². The first-order valence-electron chi connectivity index (χ1n) is 17.1. The average Bonchev–Trinajstić information content (AvgIpc) is 3.13. The minimum absolute atomic E-state index is 0.105. The molecule has 0 spiro atoms. The summed E-state index contributed by atoms with van der Waals surface area (Å²) in [4.78, 5) is 58.2. The van der Waals surface area contributed by atoms with Crippen LogP contribution in [-0.4, -0.2) is 127 Å². The third kappa shape index (κ3) is 26.3. The monoisotopic (exact) mass is 721 g/mol. The SMILES string of the molecule is C=CC(=O)NCCCOCC(OCCCNC(=O)C=C)C(OCCCNC(=O)C=C)C(COCCCNC(=O)C=C)OCCCNC(=O)C(=C)C. The minimum atomic E-state index is -0.714. The van der Waals surface area contributed by atoms with Crippen molar-refractivity contribution in [1.82, 2.24) is 26.6 Å². The van der Waals surface area contributed by atoms with Gasteiger partial charge in [0.1, 0.15) is 18.3 Å². The van der Waals surface area contributed by atoms with Crippen LogP contribution in [0.15, 0.2) is 62.8 Å². The normalized spacial score (nSPS) is 12.3. The van der Waals surface area contributed by atoms with Gasteiger partial charge < -0.3 is 50.3 Å². The summed E-state index contributed by atoms with van der Waals surface area (Å²) in [7, 11) is 0. The average molecular weight is 722 g/mol. The lowest BCUT2D eigenvalue weighted by atomic mass is 10.1. The van der Waals surface area contributed by atoms with Gasteiger partial charge in [-0.1, -0.05) is 32.9 Å². The van der Waals surface area contributed by atoms with E-state index >= 15 is 0 Å². The lowest BCUT2D eigenvalue weighted by Crippen LogP contribution is -2.48. The molecule has 288 valence electrons. The largest absolute Gasteiger partial charge is 0.379 e. The Morgan fingerprint density at radius 3 is 1.16 bits per heavy atom. The van der Waals surface area contributed by atoms with Crippen LogP contribution in [0.3, 0.4) is 0 Å². The smallest absolute Gasteiger partial charge is 0.246 e. The Morgan fingerprint density at radius 2 is 0.824 bits per heavy atom. The summed E-state index contributed by atoms with van der Waals surface area (Å²) in [5.41, 5.74) is 0.399. The van der Waals surface area contributed by atoms with E-state index in [1.807, 2.05) is 0 Å². The summed E-state index contributed by atoms with van der Waals surface area (Å²) in [6.45, 7) is 22.5. The molecule has 3 unspecified atom stereocenters. The van der Waals surface area contributed by atoms with E-state index in [4.69, 9.17) is 23.7 Å². The zero-order valence-electron chi connectivity index (χ0n) is 30.2. The van der Waals surface area contributed by atoms with Gasteiger partial charge in [-0.15, -0.1) is 0 Å². The lowest BCUT2D eigenvalue weighted by molar-refractivity contribution is -0.170. The van der Waals surface area contributed by atoms with Crippen molar-refractivity contribution < 1.29 is 47.7 Å². The highest BCUT2D eigenvalue weighted by molar-refractivity contribution is 5.92. The van der Waals surface area contributed by atoms with Gasteiger partial charge in [0, 0.05) is 71.3 Å². The molecular weight excluding hydrogens is 662 g/mol. The summed E-state index contributed by atoms with van der Waals surface area (Å²) in [6.07, 6.45) is 5.27. The highest BCUT2D eigenvalue weighted by Crippen LogP contribution is 2.16. The molecule has 3 atom stereocenters. The van der Waals surface area contributed by atoms with Crippen LogP contribution in [0.2, 0.25) is 0 Å². The Hall–Kier alpha value is -4.15. The van der Waals surface area contributed by atoms with Gasteiger partial charge in [0.2, 0.25) is 29.5 Å². The van der Waals surface area contributed by atoms with Gasteiger partial charge in [0.25, 0.3) is 0 Å². The quantitative estimate of drug-likeness (QED) is 0.0474. The molecule has 15 heteroatoms. The summed E-state index contributed by atoms with van der Waals surface area (Å²) >= 11 is 0. The number of nitrogens with one attached hydrogen (secondary N) is 5. The molecule has 0 saturated carbocycles. The number of ether oxygens (including phenoxy) is 5. The van der Waals surface area contributed by atoms with Crippen LogP contribution in [0.4, 0.5) is 0 Å². The van der Waals surface area contributed by atoms with E-state index in [2.05, 4.69) is 59.5 Å². The van der Waals surface area contributed by atoms with Crippen molar-refractivity contribution in [3.05, 3.63) is 62.8 Å². The Labute approximate surface area is 302 Å². The predicted octanol–water partition coefficient (Wildman–Crippen LogP) is 1.03. The summed E-state index contributed by atoms with van der Waals surface area (Å²) in [5, 5.41) is 13.6. The van der Waals surface area contributed by atoms with Crippen molar-refractivity contribution in [2.75, 3.05) is 79.0 Å². The molecule has 0 aromatic carbocycles. The number of carbonyl (C=O) groups excluding carboxylic acids is 5. The second kappa shape index (κ2) is 31.8. The number of hydrogen-bond donors (Lipinski definition) is 5. The van der Waals surface area contributed by atoms with Gasteiger partial charge in [-0.05, 0) is 63.3 Å². The molecule has 15 nitrogen and oxygen atoms in total. The Balaban J connectivity index is 5.92. The van der Waals surface area contributed by atoms with Crippen LogP contribution < -0.4 is 26.6 Å². The Morgan fingerprint density at radius 1 is 0.510 bits per heavy atom. The van der Waals surface area contributed by atoms with E-state index in [0.29, 0.717) is 83.6 Å². The molecule has 0 aromatic rings. The van der Waals surface area contributed by atoms with Crippen LogP contribution >= 0.6 is 0 Å². The Kier molecular flexibility index (Phi) is 29.2. The first kappa shape index (κ1) is 46.9. The molecule has 0 aliphatic heterocycles. The van der Waals surface area contributed by atoms with E-state index in [9.17, 15) is 24.0 Å². The van der Waals surface area contributed by atoms with Crippen LogP contribution in [0.1, 0.15) is 39.0 Å². The van der Waals surface area contributed by atoms with E-state index in [0.717, 1.165) is 0 Å². The molecule has 0 fully saturated rings. The summed E-state index contributed by atoms with van der Waals surface area (Å²) in [5.74, 6) is -1.40. The predicted molar refractivity (Wildman–Crippen MR) is 195 cm³/mol. The number of carbonyl (C=O) groups is 5. The van der Waals surface area contributed by atoms with Gasteiger partial charge in [0.15, 0.2) is 0 Å². The van der Waals surface area contributed by atoms with E-state index in [1.54, 1.807) is 6.92 Å². The van der Waals surface area contributed by atoms with E-state index in [1.165, 1.54) is 24.3 Å². The zero-order chi connectivity index (χ0) is 38.1. The maximum Gasteiger partial charge on any atom is 0.246 e. The first-order valence-corrected chi connectivity index (χ1v) is 17.1. The van der Waals surface area contributed by atoms with Gasteiger partial charge in [-0.25, -0.2) is 0 Å². The Bertz CT molecular complexity index is 1100. The molecule has 0 rings (SSSR count). The zero-order valence-corrected chi connectivity index (χ0v) is 30.2. The van der Waals surface area contributed by atoms with E-state index < -0.39 is 18.3 Å². The maximum atomic E-state index is 11.9. The number of rotatable bonds is 34. The molecule has 0 heterocycles. The second-order valence-electron chi connectivity index (χ2n) is 11.1. The fourth-order valence-electron chi connectivity index (χ4n) is 4.07. The van der Waals surface area contributed by atoms with Crippen molar-refractivity contribution in [2.24, 2.45) is 0 Å². The fourth-order valence-corrected chi connectivity index (χ4v) is 4.07. The van der Waals surface area contributed by atoms with Gasteiger partial charge in [-0.3, -0.25) is 24.0 Å². The van der Waals surface area contributed by atoms with Crippen LogP contribution in [0.25, 0.3) is 0 Å². The second-order valence-corrected chi connectivity index (χ2v) is 11.1. The molecular formula is C36H59N5O10. The van der Waals surface area contributed by atoms with E-state index in [-0.39, 0.29) is 62.6 Å². The fraction of sp³-hybridized carbons (Fsp3) is 0.583. The van der Waals surface area contributed by atoms with Gasteiger partial charge >= 0.3 is 0 Å². The van der Waals surface area contributed by atoms with Crippen molar-refractivity contribution in [3.63, 3.8) is 0 Å². The molecule has 0 aliphatic carbocycles. The molecule has 0 aliphatic rings. The number of amides is 5. The van der Waals surface area contributed by atoms with Gasteiger partial charge in [0.05, 0.1) is 13.2 Å². The summed E-state index contributed by atoms with van der Waals surface area (Å²) in [6, 6.07) is 0. The van der Waals surface area contributed by atoms with Crippen molar-refractivity contribution in [1.29, 1.82) is 0 Å². The van der Waals surface area contributed by atoms with Crippen LogP contribution in [0, 0.1) is 0 Å². The van der Waals surface area contributed by atoms with Gasteiger partial charge in [-0.2, -0.15) is 0 Å². The summed E-state index contributed by atoms with van der Waals surface area (Å²) < 4.78 is 30.9. The van der Waals surface area contributed by atoms with Crippen LogP contribution in [-0.2, 0) is 47.7 Å². The van der Waals surface area contributed by atoms with Crippen LogP contribution in [0.5, 0.6) is 0 Å². The molecule has 5 amide bonds. The number of hydrogen-bond acceptors (Lipinski definition) is 10. The molecule has 0 radical (unpaired) electrons. The highest BCUT2D eigenvalue weighted by atomic mass is 16.6. The maximum absolute atomic E-state index is 11.9. The molecule has 5 N–H and O–H groups in total. The molecule has 51 heavy (non-hydrogen) atoms. The van der Waals surface area contributed by atoms with Crippen molar-refractivity contribution in [2.45, 2.75) is 57.3 Å². The third-order valence-electron chi connectivity index (χ3n) is 6.78. The molecule has 0 aromatic heterocycles. The highest BCUT2D eigenvalue weighted by Gasteiger charge is 2.33. The first-order chi connectivity index (χ1) is 24.6. The standard InChI is InChI=1S/C36H59N5O10/c1-7-31(42)37-16-11-21-47-26-29(49-23-13-18-39-33(44)9-3)35(51-25-14-19-40-34(45)10-4)30(27-48-22-12-17-38-32(43)8-2)50-24-15-20-41-36(46)28(5)6/h7-10,29-30,35H,1-5,11-27H2,6H3,(H,37,42)(H,38,43)(H,39,44)(H,40,45)(H,41,46). The lowest BCUT2D eigenvalue weighted by Gasteiger charge is -2.34. The molecule has 0 saturated heterocycles.